The third kappa shape index (κ3) is 3.47. The number of aromatic nitrogens is 4. The van der Waals surface area contributed by atoms with Gasteiger partial charge < -0.3 is 10.3 Å². The third-order valence-electron chi connectivity index (χ3n) is 3.88. The number of hydrogen-bond donors (Lipinski definition) is 2. The van der Waals surface area contributed by atoms with Crippen LogP contribution in [0, 0.1) is 0 Å². The molecule has 1 atom stereocenters. The Morgan fingerprint density at radius 1 is 1.21 bits per heavy atom. The highest BCUT2D eigenvalue weighted by atomic mass is 19.4. The number of benzene rings is 1. The minimum absolute atomic E-state index is 0.0149. The van der Waals surface area contributed by atoms with E-state index in [1.54, 1.807) is 6.07 Å². The molecule has 2 aromatic heterocycles. The van der Waals surface area contributed by atoms with Crippen molar-refractivity contribution in [3.05, 3.63) is 48.0 Å². The zero-order chi connectivity index (χ0) is 17.2. The van der Waals surface area contributed by atoms with Gasteiger partial charge in [0.05, 0.1) is 11.9 Å². The predicted molar refractivity (Wildman–Crippen MR) is 84.6 cm³/mol. The quantitative estimate of drug-likeness (QED) is 0.740. The van der Waals surface area contributed by atoms with E-state index in [1.807, 2.05) is 6.92 Å². The highest BCUT2D eigenvalue weighted by Crippen LogP contribution is 2.31. The number of aromatic amines is 1. The van der Waals surface area contributed by atoms with E-state index in [-0.39, 0.29) is 5.92 Å². The Kier molecular flexibility index (Phi) is 4.37. The molecular weight excluding hydrogens is 319 g/mol. The van der Waals surface area contributed by atoms with Crippen LogP contribution in [-0.4, -0.2) is 26.5 Å². The Labute approximate surface area is 136 Å². The van der Waals surface area contributed by atoms with E-state index in [0.29, 0.717) is 35.5 Å². The van der Waals surface area contributed by atoms with Gasteiger partial charge in [0, 0.05) is 6.54 Å². The molecule has 2 N–H and O–H groups in total. The first-order valence-corrected chi connectivity index (χ1v) is 7.50. The minimum atomic E-state index is -4.32. The molecule has 1 aromatic carbocycles. The second-order valence-corrected chi connectivity index (χ2v) is 5.56. The van der Waals surface area contributed by atoms with Gasteiger partial charge in [-0.15, -0.1) is 0 Å². The van der Waals surface area contributed by atoms with Gasteiger partial charge in [-0.2, -0.15) is 13.2 Å². The number of nitrogens with one attached hydrogen (secondary N) is 2. The molecule has 0 aliphatic heterocycles. The number of alkyl halides is 3. The van der Waals surface area contributed by atoms with E-state index in [9.17, 15) is 13.2 Å². The molecule has 0 saturated heterocycles. The molecule has 0 aliphatic carbocycles. The van der Waals surface area contributed by atoms with Gasteiger partial charge in [-0.3, -0.25) is 0 Å². The maximum absolute atomic E-state index is 12.8. The average molecular weight is 335 g/mol. The van der Waals surface area contributed by atoms with E-state index >= 15 is 0 Å². The van der Waals surface area contributed by atoms with Gasteiger partial charge in [0.2, 0.25) is 0 Å². The van der Waals surface area contributed by atoms with E-state index in [0.717, 1.165) is 6.07 Å². The molecule has 3 aromatic rings. The number of fused-ring (bicyclic) bond motifs is 1. The van der Waals surface area contributed by atoms with Gasteiger partial charge in [-0.1, -0.05) is 25.1 Å². The number of rotatable bonds is 5. The topological polar surface area (TPSA) is 66.5 Å². The Morgan fingerprint density at radius 2 is 2.04 bits per heavy atom. The zero-order valence-corrected chi connectivity index (χ0v) is 12.9. The summed E-state index contributed by atoms with van der Waals surface area (Å²) in [6.07, 6.45) is -0.695. The van der Waals surface area contributed by atoms with Gasteiger partial charge in [0.1, 0.15) is 11.8 Å². The maximum Gasteiger partial charge on any atom is 0.416 e. The number of H-pyrrole nitrogens is 1. The van der Waals surface area contributed by atoms with Crippen LogP contribution in [0.3, 0.4) is 0 Å². The van der Waals surface area contributed by atoms with E-state index in [2.05, 4.69) is 25.3 Å². The fourth-order valence-corrected chi connectivity index (χ4v) is 2.49. The maximum atomic E-state index is 12.8. The molecule has 0 bridgehead atoms. The smallest absolute Gasteiger partial charge is 0.368 e. The van der Waals surface area contributed by atoms with Crippen molar-refractivity contribution in [2.75, 3.05) is 11.9 Å². The molecule has 0 amide bonds. The molecule has 0 spiro atoms. The lowest BCUT2D eigenvalue weighted by Crippen LogP contribution is -2.09. The molecule has 126 valence electrons. The van der Waals surface area contributed by atoms with Crippen LogP contribution in [-0.2, 0) is 6.18 Å². The second kappa shape index (κ2) is 6.46. The van der Waals surface area contributed by atoms with Crippen molar-refractivity contribution in [2.45, 2.75) is 25.4 Å². The third-order valence-corrected chi connectivity index (χ3v) is 3.88. The Balaban J connectivity index is 1.64. The number of halogens is 3. The normalized spacial score (nSPS) is 13.2. The van der Waals surface area contributed by atoms with Crippen LogP contribution in [0.5, 0.6) is 0 Å². The standard InChI is InChI=1S/C16H16F3N5/c1-10(11-3-2-4-12(7-11)16(17,18)19)5-6-20-14-13-15(22-8-21-13)24-9-23-14/h2-4,7-10H,5-6H2,1H3,(H2,20,21,22,23,24)/t10-/m0/s1. The van der Waals surface area contributed by atoms with Gasteiger partial charge in [0.15, 0.2) is 11.5 Å². The van der Waals surface area contributed by atoms with Crippen LogP contribution in [0.25, 0.3) is 11.2 Å². The average Bonchev–Trinajstić information content (AvgIpc) is 3.03. The van der Waals surface area contributed by atoms with E-state index < -0.39 is 11.7 Å². The highest BCUT2D eigenvalue weighted by Gasteiger charge is 2.30. The monoisotopic (exact) mass is 335 g/mol. The van der Waals surface area contributed by atoms with Crippen LogP contribution >= 0.6 is 0 Å². The Bertz CT molecular complexity index is 828. The van der Waals surface area contributed by atoms with Crippen molar-refractivity contribution >= 4 is 17.0 Å². The lowest BCUT2D eigenvalue weighted by atomic mass is 9.96. The molecule has 0 saturated carbocycles. The predicted octanol–water partition coefficient (Wildman–Crippen LogP) is 3.98. The molecule has 8 heteroatoms. The molecule has 0 aliphatic rings. The van der Waals surface area contributed by atoms with Crippen LogP contribution in [0.2, 0.25) is 0 Å². The molecule has 0 radical (unpaired) electrons. The lowest BCUT2D eigenvalue weighted by Gasteiger charge is -2.15. The Hall–Kier alpha value is -2.64. The van der Waals surface area contributed by atoms with Crippen LogP contribution in [0.4, 0.5) is 19.0 Å². The van der Waals surface area contributed by atoms with Crippen molar-refractivity contribution in [2.24, 2.45) is 0 Å². The number of imidazole rings is 1. The second-order valence-electron chi connectivity index (χ2n) is 5.56. The van der Waals surface area contributed by atoms with Gasteiger partial charge in [-0.25, -0.2) is 15.0 Å². The highest BCUT2D eigenvalue weighted by molar-refractivity contribution is 5.81. The summed E-state index contributed by atoms with van der Waals surface area (Å²) >= 11 is 0. The van der Waals surface area contributed by atoms with Crippen molar-refractivity contribution in [3.8, 4) is 0 Å². The van der Waals surface area contributed by atoms with Crippen LogP contribution in [0.1, 0.15) is 30.4 Å². The minimum Gasteiger partial charge on any atom is -0.368 e. The SMILES string of the molecule is C[C@@H](CCNc1ncnc2nc[nH]c12)c1cccc(C(F)(F)F)c1. The van der Waals surface area contributed by atoms with Crippen molar-refractivity contribution in [1.82, 2.24) is 19.9 Å². The first kappa shape index (κ1) is 16.2. The molecular formula is C16H16F3N5. The summed E-state index contributed by atoms with van der Waals surface area (Å²) in [5, 5.41) is 3.17. The molecule has 2 heterocycles. The fourth-order valence-electron chi connectivity index (χ4n) is 2.49. The van der Waals surface area contributed by atoms with Crippen LogP contribution < -0.4 is 5.32 Å². The fraction of sp³-hybridized carbons (Fsp3) is 0.312. The first-order chi connectivity index (χ1) is 11.4. The van der Waals surface area contributed by atoms with Crippen LogP contribution in [0.15, 0.2) is 36.9 Å². The zero-order valence-electron chi connectivity index (χ0n) is 12.9. The molecule has 0 unspecified atom stereocenters. The summed E-state index contributed by atoms with van der Waals surface area (Å²) in [5.41, 5.74) is 1.33. The Morgan fingerprint density at radius 3 is 2.83 bits per heavy atom. The van der Waals surface area contributed by atoms with Gasteiger partial charge >= 0.3 is 6.18 Å². The van der Waals surface area contributed by atoms with Crippen molar-refractivity contribution in [1.29, 1.82) is 0 Å². The largest absolute Gasteiger partial charge is 0.416 e. The summed E-state index contributed by atoms with van der Waals surface area (Å²) in [4.78, 5) is 15.2. The number of anilines is 1. The number of nitrogens with zero attached hydrogens (tertiary/aromatic N) is 3. The molecule has 0 fully saturated rings. The number of hydrogen-bond acceptors (Lipinski definition) is 4. The first-order valence-electron chi connectivity index (χ1n) is 7.50. The molecule has 3 rings (SSSR count). The van der Waals surface area contributed by atoms with E-state index in [4.69, 9.17) is 0 Å². The summed E-state index contributed by atoms with van der Waals surface area (Å²) < 4.78 is 38.4. The molecule has 24 heavy (non-hydrogen) atoms. The van der Waals surface area contributed by atoms with Gasteiger partial charge in [0.25, 0.3) is 0 Å². The summed E-state index contributed by atoms with van der Waals surface area (Å²) in [6, 6.07) is 5.46. The van der Waals surface area contributed by atoms with Crippen molar-refractivity contribution < 1.29 is 13.2 Å². The summed E-state index contributed by atoms with van der Waals surface area (Å²) in [6.45, 7) is 2.48. The van der Waals surface area contributed by atoms with Crippen molar-refractivity contribution in [3.63, 3.8) is 0 Å². The summed E-state index contributed by atoms with van der Waals surface area (Å²) in [7, 11) is 0. The van der Waals surface area contributed by atoms with E-state index in [1.165, 1.54) is 24.8 Å². The summed E-state index contributed by atoms with van der Waals surface area (Å²) in [5.74, 6) is 0.618. The molecule has 5 nitrogen and oxygen atoms in total. The lowest BCUT2D eigenvalue weighted by molar-refractivity contribution is -0.137. The van der Waals surface area contributed by atoms with Gasteiger partial charge in [-0.05, 0) is 24.0 Å².